The highest BCUT2D eigenvalue weighted by Gasteiger charge is 2.07. The Morgan fingerprint density at radius 3 is 2.39 bits per heavy atom. The van der Waals surface area contributed by atoms with Crippen LogP contribution in [0.2, 0.25) is 0 Å². The number of rotatable bonds is 5. The first kappa shape index (κ1) is 16.5. The van der Waals surface area contributed by atoms with Crippen molar-refractivity contribution in [2.24, 2.45) is 5.10 Å². The van der Waals surface area contributed by atoms with Crippen molar-refractivity contribution in [2.75, 3.05) is 26.1 Å². The Hall–Kier alpha value is -2.82. The number of carbonyl (C=O) groups is 1. The van der Waals surface area contributed by atoms with Crippen LogP contribution < -0.4 is 15.1 Å². The number of nitrogens with zero attached hydrogens (tertiary/aromatic N) is 2. The maximum Gasteiger partial charge on any atom is 0.271 e. The number of ether oxygens (including phenoxy) is 1. The van der Waals surface area contributed by atoms with Gasteiger partial charge in [-0.15, -0.1) is 0 Å². The van der Waals surface area contributed by atoms with E-state index in [9.17, 15) is 4.79 Å². The van der Waals surface area contributed by atoms with E-state index in [-0.39, 0.29) is 5.91 Å². The van der Waals surface area contributed by atoms with Crippen molar-refractivity contribution < 1.29 is 9.53 Å². The average Bonchev–Trinajstić information content (AvgIpc) is 2.59. The summed E-state index contributed by atoms with van der Waals surface area (Å²) in [6.07, 6.45) is 0. The van der Waals surface area contributed by atoms with Gasteiger partial charge in [-0.05, 0) is 55.0 Å². The van der Waals surface area contributed by atoms with Crippen molar-refractivity contribution in [3.05, 3.63) is 59.7 Å². The van der Waals surface area contributed by atoms with Crippen molar-refractivity contribution >= 4 is 17.3 Å². The molecule has 0 aliphatic carbocycles. The molecule has 5 heteroatoms. The molecule has 120 valence electrons. The van der Waals surface area contributed by atoms with E-state index in [0.717, 1.165) is 22.7 Å². The normalized spacial score (nSPS) is 11.0. The summed E-state index contributed by atoms with van der Waals surface area (Å²) in [5.41, 5.74) is 5.78. The Kier molecular flexibility index (Phi) is 5.36. The fourth-order valence-electron chi connectivity index (χ4n) is 2.02. The van der Waals surface area contributed by atoms with E-state index >= 15 is 0 Å². The standard InChI is InChI=1S/C18H21N3O2/c1-13(14-8-10-17(23-4)11-9-14)19-20-18(22)15-6-5-7-16(12-15)21(2)3/h5-12H,1-4H3,(H,20,22)/b19-13+. The van der Waals surface area contributed by atoms with Crippen molar-refractivity contribution in [1.82, 2.24) is 5.43 Å². The van der Waals surface area contributed by atoms with Gasteiger partial charge in [0.05, 0.1) is 12.8 Å². The molecule has 2 rings (SSSR count). The Balaban J connectivity index is 2.08. The van der Waals surface area contributed by atoms with Crippen LogP contribution in [-0.2, 0) is 0 Å². The van der Waals surface area contributed by atoms with Crippen molar-refractivity contribution in [3.63, 3.8) is 0 Å². The summed E-state index contributed by atoms with van der Waals surface area (Å²) in [7, 11) is 5.49. The summed E-state index contributed by atoms with van der Waals surface area (Å²) < 4.78 is 5.12. The fourth-order valence-corrected chi connectivity index (χ4v) is 2.02. The van der Waals surface area contributed by atoms with E-state index in [1.165, 1.54) is 0 Å². The van der Waals surface area contributed by atoms with Gasteiger partial charge in [0, 0.05) is 25.3 Å². The third kappa shape index (κ3) is 4.32. The summed E-state index contributed by atoms with van der Waals surface area (Å²) in [6, 6.07) is 14.9. The second-order valence-electron chi connectivity index (χ2n) is 5.31. The highest BCUT2D eigenvalue weighted by atomic mass is 16.5. The Bertz CT molecular complexity index is 706. The number of methoxy groups -OCH3 is 1. The lowest BCUT2D eigenvalue weighted by molar-refractivity contribution is 0.0955. The minimum Gasteiger partial charge on any atom is -0.497 e. The van der Waals surface area contributed by atoms with Crippen molar-refractivity contribution in [2.45, 2.75) is 6.92 Å². The van der Waals surface area contributed by atoms with Gasteiger partial charge < -0.3 is 9.64 Å². The molecule has 0 aliphatic rings. The molecule has 2 aromatic carbocycles. The lowest BCUT2D eigenvalue weighted by atomic mass is 10.1. The zero-order valence-electron chi connectivity index (χ0n) is 13.8. The van der Waals surface area contributed by atoms with E-state index in [1.54, 1.807) is 13.2 Å². The molecule has 0 aromatic heterocycles. The minimum absolute atomic E-state index is 0.235. The summed E-state index contributed by atoms with van der Waals surface area (Å²) in [6.45, 7) is 1.85. The monoisotopic (exact) mass is 311 g/mol. The molecule has 0 saturated carbocycles. The largest absolute Gasteiger partial charge is 0.497 e. The number of amides is 1. The van der Waals surface area contributed by atoms with E-state index in [4.69, 9.17) is 4.74 Å². The quantitative estimate of drug-likeness (QED) is 0.682. The third-order valence-electron chi connectivity index (χ3n) is 3.46. The molecule has 1 N–H and O–H groups in total. The molecule has 0 aliphatic heterocycles. The van der Waals surface area contributed by atoms with Gasteiger partial charge in [-0.25, -0.2) is 5.43 Å². The molecule has 0 saturated heterocycles. The number of anilines is 1. The molecule has 5 nitrogen and oxygen atoms in total. The van der Waals surface area contributed by atoms with Crippen molar-refractivity contribution in [3.8, 4) is 5.75 Å². The second-order valence-corrected chi connectivity index (χ2v) is 5.31. The molecule has 0 heterocycles. The van der Waals surface area contributed by atoms with Crippen LogP contribution >= 0.6 is 0 Å². The molecule has 0 unspecified atom stereocenters. The molecule has 0 atom stereocenters. The zero-order chi connectivity index (χ0) is 16.8. The van der Waals surface area contributed by atoms with E-state index < -0.39 is 0 Å². The zero-order valence-corrected chi connectivity index (χ0v) is 13.8. The number of hydrogen-bond donors (Lipinski definition) is 1. The third-order valence-corrected chi connectivity index (χ3v) is 3.46. The van der Waals surface area contributed by atoms with Gasteiger partial charge in [0.25, 0.3) is 5.91 Å². The van der Waals surface area contributed by atoms with Gasteiger partial charge in [0.2, 0.25) is 0 Å². The molecule has 0 fully saturated rings. The first-order valence-electron chi connectivity index (χ1n) is 7.27. The Morgan fingerprint density at radius 1 is 1.09 bits per heavy atom. The topological polar surface area (TPSA) is 53.9 Å². The lowest BCUT2D eigenvalue weighted by Gasteiger charge is -2.13. The van der Waals surface area contributed by atoms with E-state index in [0.29, 0.717) is 5.56 Å². The number of hydrazone groups is 1. The van der Waals surface area contributed by atoms with Gasteiger partial charge in [-0.2, -0.15) is 5.10 Å². The molecule has 0 radical (unpaired) electrons. The van der Waals surface area contributed by atoms with Gasteiger partial charge in [0.1, 0.15) is 5.75 Å². The second kappa shape index (κ2) is 7.45. The smallest absolute Gasteiger partial charge is 0.271 e. The maximum absolute atomic E-state index is 12.2. The van der Waals surface area contributed by atoms with E-state index in [2.05, 4.69) is 10.5 Å². The predicted octanol–water partition coefficient (Wildman–Crippen LogP) is 2.92. The summed E-state index contributed by atoms with van der Waals surface area (Å²) >= 11 is 0. The molecule has 1 amide bonds. The van der Waals surface area contributed by atoms with Gasteiger partial charge in [-0.1, -0.05) is 6.07 Å². The fraction of sp³-hybridized carbons (Fsp3) is 0.222. The van der Waals surface area contributed by atoms with Crippen LogP contribution in [0.4, 0.5) is 5.69 Å². The molecule has 23 heavy (non-hydrogen) atoms. The molecular formula is C18H21N3O2. The molecule has 0 bridgehead atoms. The minimum atomic E-state index is -0.235. The number of nitrogens with one attached hydrogen (secondary N) is 1. The highest BCUT2D eigenvalue weighted by Crippen LogP contribution is 2.14. The summed E-state index contributed by atoms with van der Waals surface area (Å²) in [5.74, 6) is 0.549. The van der Waals surface area contributed by atoms with Crippen molar-refractivity contribution in [1.29, 1.82) is 0 Å². The first-order valence-corrected chi connectivity index (χ1v) is 7.27. The van der Waals surface area contributed by atoms with Crippen LogP contribution in [-0.4, -0.2) is 32.8 Å². The first-order chi connectivity index (χ1) is 11.0. The Labute approximate surface area is 136 Å². The van der Waals surface area contributed by atoms with Crippen LogP contribution in [0, 0.1) is 0 Å². The molecule has 0 spiro atoms. The number of carbonyl (C=O) groups excluding carboxylic acids is 1. The van der Waals surface area contributed by atoms with Gasteiger partial charge in [-0.3, -0.25) is 4.79 Å². The summed E-state index contributed by atoms with van der Waals surface area (Å²) in [5, 5.41) is 4.16. The SMILES string of the molecule is COc1ccc(/C(C)=N/NC(=O)c2cccc(N(C)C)c2)cc1. The average molecular weight is 311 g/mol. The Morgan fingerprint density at radius 2 is 1.78 bits per heavy atom. The van der Waals surface area contributed by atoms with Crippen LogP contribution in [0.15, 0.2) is 53.6 Å². The van der Waals surface area contributed by atoms with Crippen LogP contribution in [0.5, 0.6) is 5.75 Å². The maximum atomic E-state index is 12.2. The van der Waals surface area contributed by atoms with Crippen LogP contribution in [0.3, 0.4) is 0 Å². The molecular weight excluding hydrogens is 290 g/mol. The van der Waals surface area contributed by atoms with Crippen LogP contribution in [0.1, 0.15) is 22.8 Å². The highest BCUT2D eigenvalue weighted by molar-refractivity contribution is 6.01. The predicted molar refractivity (Wildman–Crippen MR) is 93.4 cm³/mol. The number of hydrogen-bond acceptors (Lipinski definition) is 4. The van der Waals surface area contributed by atoms with Gasteiger partial charge in [0.15, 0.2) is 0 Å². The number of benzene rings is 2. The molecule has 2 aromatic rings. The van der Waals surface area contributed by atoms with E-state index in [1.807, 2.05) is 68.4 Å². The van der Waals surface area contributed by atoms with Gasteiger partial charge >= 0.3 is 0 Å². The lowest BCUT2D eigenvalue weighted by Crippen LogP contribution is -2.20. The summed E-state index contributed by atoms with van der Waals surface area (Å²) in [4.78, 5) is 14.1. The van der Waals surface area contributed by atoms with Crippen LogP contribution in [0.25, 0.3) is 0 Å².